The Hall–Kier alpha value is -1.60. The van der Waals surface area contributed by atoms with E-state index in [1.54, 1.807) is 13.0 Å². The summed E-state index contributed by atoms with van der Waals surface area (Å²) in [6.07, 6.45) is 1.37. The van der Waals surface area contributed by atoms with E-state index >= 15 is 0 Å². The lowest BCUT2D eigenvalue weighted by atomic mass is 10.1. The van der Waals surface area contributed by atoms with Gasteiger partial charge in [0.05, 0.1) is 5.75 Å². The molecule has 0 N–H and O–H groups in total. The molecule has 4 nitrogen and oxygen atoms in total. The smallest absolute Gasteiger partial charge is 0.212 e. The largest absolute Gasteiger partial charge is 0.287 e. The molecule has 0 aliphatic heterocycles. The van der Waals surface area contributed by atoms with Gasteiger partial charge in [0.2, 0.25) is 5.78 Å². The first kappa shape index (κ1) is 16.8. The van der Waals surface area contributed by atoms with Gasteiger partial charge in [0.1, 0.15) is 11.5 Å². The van der Waals surface area contributed by atoms with Gasteiger partial charge in [0.25, 0.3) is 0 Å². The van der Waals surface area contributed by atoms with Crippen molar-refractivity contribution >= 4 is 31.6 Å². The van der Waals surface area contributed by atoms with Gasteiger partial charge in [-0.05, 0) is 51.8 Å². The van der Waals surface area contributed by atoms with Crippen molar-refractivity contribution in [2.75, 3.05) is 5.75 Å². The summed E-state index contributed by atoms with van der Waals surface area (Å²) >= 11 is 3.24. The van der Waals surface area contributed by atoms with Crippen LogP contribution in [0.25, 0.3) is 0 Å². The number of halogens is 2. The predicted molar refractivity (Wildman–Crippen MR) is 84.9 cm³/mol. The maximum Gasteiger partial charge on any atom is 0.212 e. The Labute approximate surface area is 136 Å². The summed E-state index contributed by atoms with van der Waals surface area (Å²) in [5, 5.41) is 0. The number of aromatic nitrogens is 1. The zero-order valence-electron chi connectivity index (χ0n) is 11.7. The molecular weight excluding hydrogens is 373 g/mol. The summed E-state index contributed by atoms with van der Waals surface area (Å²) in [5.74, 6) is -0.874. The highest BCUT2D eigenvalue weighted by atomic mass is 79.9. The van der Waals surface area contributed by atoms with Gasteiger partial charge in [-0.3, -0.25) is 9.78 Å². The molecule has 7 heteroatoms. The number of pyridine rings is 1. The number of carbonyl (C=O) groups excluding carboxylic acids is 1. The van der Waals surface area contributed by atoms with Crippen molar-refractivity contribution in [3.63, 3.8) is 0 Å². The minimum atomic E-state index is -3.17. The van der Waals surface area contributed by atoms with Crippen LogP contribution >= 0.6 is 15.9 Å². The minimum Gasteiger partial charge on any atom is -0.287 e. The highest BCUT2D eigenvalue weighted by Gasteiger charge is 2.16. The zero-order valence-corrected chi connectivity index (χ0v) is 14.1. The van der Waals surface area contributed by atoms with Crippen LogP contribution in [-0.2, 0) is 15.6 Å². The highest BCUT2D eigenvalue weighted by molar-refractivity contribution is 9.10. The summed E-state index contributed by atoms with van der Waals surface area (Å²) in [5.41, 5.74) is 0.970. The molecule has 0 unspecified atom stereocenters. The minimum absolute atomic E-state index is 0.0425. The Kier molecular flexibility index (Phi) is 5.08. The molecule has 22 heavy (non-hydrogen) atoms. The number of carbonyl (C=O) groups is 1. The molecule has 0 bridgehead atoms. The monoisotopic (exact) mass is 385 g/mol. The summed E-state index contributed by atoms with van der Waals surface area (Å²) in [6, 6.07) is 6.71. The van der Waals surface area contributed by atoms with Gasteiger partial charge in [-0.2, -0.15) is 0 Å². The summed E-state index contributed by atoms with van der Waals surface area (Å²) in [4.78, 5) is 16.3. The van der Waals surface area contributed by atoms with Crippen LogP contribution in [0.3, 0.4) is 0 Å². The molecule has 0 spiro atoms. The summed E-state index contributed by atoms with van der Waals surface area (Å²) in [7, 11) is -3.17. The lowest BCUT2D eigenvalue weighted by Crippen LogP contribution is -2.09. The van der Waals surface area contributed by atoms with Gasteiger partial charge in [0, 0.05) is 22.0 Å². The van der Waals surface area contributed by atoms with Crippen LogP contribution in [0.1, 0.15) is 28.5 Å². The third kappa shape index (κ3) is 3.98. The first-order chi connectivity index (χ1) is 10.3. The molecule has 2 aromatic rings. The lowest BCUT2D eigenvalue weighted by Gasteiger charge is -2.06. The quantitative estimate of drug-likeness (QED) is 0.741. The standard InChI is InChI=1S/C15H13BrFNO3S/c1-2-22(20,21)9-10-7-13(16)14(18-8-10)15(19)11-3-5-12(17)6-4-11/h3-8H,2,9H2,1H3. The molecule has 1 aromatic carbocycles. The second-order valence-electron chi connectivity index (χ2n) is 4.69. The number of ketones is 1. The summed E-state index contributed by atoms with van der Waals surface area (Å²) < 4.78 is 36.5. The van der Waals surface area contributed by atoms with Crippen LogP contribution in [0.15, 0.2) is 41.0 Å². The average molecular weight is 386 g/mol. The normalized spacial score (nSPS) is 11.4. The molecule has 2 rings (SSSR count). The van der Waals surface area contributed by atoms with Crippen molar-refractivity contribution in [3.8, 4) is 0 Å². The molecule has 116 valence electrons. The van der Waals surface area contributed by atoms with Crippen molar-refractivity contribution in [3.05, 3.63) is 63.6 Å². The second kappa shape index (κ2) is 6.66. The van der Waals surface area contributed by atoms with E-state index in [9.17, 15) is 17.6 Å². The molecule has 0 aliphatic carbocycles. The fourth-order valence-electron chi connectivity index (χ4n) is 1.82. The summed E-state index contributed by atoms with van der Waals surface area (Å²) in [6.45, 7) is 1.57. The Balaban J connectivity index is 2.30. The third-order valence-electron chi connectivity index (χ3n) is 3.05. The van der Waals surface area contributed by atoms with Crippen molar-refractivity contribution in [2.24, 2.45) is 0 Å². The average Bonchev–Trinajstić information content (AvgIpc) is 2.47. The number of hydrogen-bond donors (Lipinski definition) is 0. The molecule has 0 aliphatic rings. The molecule has 0 atom stereocenters. The Morgan fingerprint density at radius 3 is 2.45 bits per heavy atom. The van der Waals surface area contributed by atoms with E-state index in [1.807, 2.05) is 0 Å². The second-order valence-corrected chi connectivity index (χ2v) is 7.89. The van der Waals surface area contributed by atoms with Crippen molar-refractivity contribution < 1.29 is 17.6 Å². The molecule has 0 saturated carbocycles. The van der Waals surface area contributed by atoms with E-state index in [-0.39, 0.29) is 23.0 Å². The number of sulfone groups is 1. The van der Waals surface area contributed by atoms with Gasteiger partial charge in [-0.25, -0.2) is 12.8 Å². The number of nitrogens with zero attached hydrogens (tertiary/aromatic N) is 1. The van der Waals surface area contributed by atoms with E-state index in [4.69, 9.17) is 0 Å². The van der Waals surface area contributed by atoms with Crippen LogP contribution in [0.4, 0.5) is 4.39 Å². The van der Waals surface area contributed by atoms with Crippen molar-refractivity contribution in [1.29, 1.82) is 0 Å². The van der Waals surface area contributed by atoms with Crippen LogP contribution in [0.2, 0.25) is 0 Å². The van der Waals surface area contributed by atoms with Gasteiger partial charge in [-0.1, -0.05) is 6.92 Å². The number of hydrogen-bond acceptors (Lipinski definition) is 4. The Morgan fingerprint density at radius 2 is 1.91 bits per heavy atom. The zero-order chi connectivity index (χ0) is 16.3. The van der Waals surface area contributed by atoms with Crippen LogP contribution in [0.5, 0.6) is 0 Å². The predicted octanol–water partition coefficient (Wildman–Crippen LogP) is 3.15. The van der Waals surface area contributed by atoms with Gasteiger partial charge in [-0.15, -0.1) is 0 Å². The Morgan fingerprint density at radius 1 is 1.27 bits per heavy atom. The highest BCUT2D eigenvalue weighted by Crippen LogP contribution is 2.21. The SMILES string of the molecule is CCS(=O)(=O)Cc1cnc(C(=O)c2ccc(F)cc2)c(Br)c1. The molecule has 0 fully saturated rings. The van der Waals surface area contributed by atoms with E-state index in [0.717, 1.165) is 0 Å². The fraction of sp³-hybridized carbons (Fsp3) is 0.200. The number of rotatable bonds is 5. The topological polar surface area (TPSA) is 64.1 Å². The molecular formula is C15H13BrFNO3S. The van der Waals surface area contributed by atoms with Crippen LogP contribution in [-0.4, -0.2) is 24.9 Å². The molecule has 1 aromatic heterocycles. The third-order valence-corrected chi connectivity index (χ3v) is 5.30. The van der Waals surface area contributed by atoms with E-state index in [0.29, 0.717) is 15.6 Å². The van der Waals surface area contributed by atoms with Crippen molar-refractivity contribution in [1.82, 2.24) is 4.98 Å². The first-order valence-electron chi connectivity index (χ1n) is 6.47. The molecule has 1 heterocycles. The maximum absolute atomic E-state index is 12.9. The van der Waals surface area contributed by atoms with Gasteiger partial charge >= 0.3 is 0 Å². The Bertz CT molecular complexity index is 804. The van der Waals surface area contributed by atoms with E-state index in [2.05, 4.69) is 20.9 Å². The van der Waals surface area contributed by atoms with Gasteiger partial charge in [0.15, 0.2) is 9.84 Å². The van der Waals surface area contributed by atoms with E-state index < -0.39 is 15.7 Å². The van der Waals surface area contributed by atoms with Crippen molar-refractivity contribution in [2.45, 2.75) is 12.7 Å². The first-order valence-corrected chi connectivity index (χ1v) is 9.09. The van der Waals surface area contributed by atoms with Crippen LogP contribution < -0.4 is 0 Å². The van der Waals surface area contributed by atoms with E-state index in [1.165, 1.54) is 30.5 Å². The van der Waals surface area contributed by atoms with Gasteiger partial charge < -0.3 is 0 Å². The molecule has 0 radical (unpaired) electrons. The van der Waals surface area contributed by atoms with Crippen LogP contribution in [0, 0.1) is 5.82 Å². The molecule has 0 saturated heterocycles. The molecule has 0 amide bonds. The maximum atomic E-state index is 12.9. The lowest BCUT2D eigenvalue weighted by molar-refractivity contribution is 0.103. The number of benzene rings is 1. The fourth-order valence-corrected chi connectivity index (χ4v) is 3.26.